The van der Waals surface area contributed by atoms with Crippen LogP contribution in [0.2, 0.25) is 0 Å². The van der Waals surface area contributed by atoms with Crippen LogP contribution in [0.25, 0.3) is 11.0 Å². The van der Waals surface area contributed by atoms with Crippen molar-refractivity contribution < 1.29 is 18.3 Å². The van der Waals surface area contributed by atoms with E-state index in [1.165, 1.54) is 6.20 Å². The molecule has 1 unspecified atom stereocenters. The van der Waals surface area contributed by atoms with Crippen LogP contribution in [-0.4, -0.2) is 36.0 Å². The molecule has 0 aromatic carbocycles. The van der Waals surface area contributed by atoms with E-state index in [-0.39, 0.29) is 11.4 Å². The molecule has 0 aliphatic carbocycles. The molecule has 0 fully saturated rings. The van der Waals surface area contributed by atoms with Crippen molar-refractivity contribution in [2.24, 2.45) is 5.92 Å². The standard InChI is InChI=1S/C13H17N3O4S/c1-2-4-9(13(17)18)7-16-21(19,20)11-8-15-12-10(11)5-3-6-14-12/h3,5-6,8-9,16H,2,4,7H2,1H3,(H,14,15)(H,17,18). The molecular weight excluding hydrogens is 294 g/mol. The second-order valence-corrected chi connectivity index (χ2v) is 6.46. The number of rotatable bonds is 7. The zero-order chi connectivity index (χ0) is 15.5. The van der Waals surface area contributed by atoms with E-state index in [2.05, 4.69) is 14.7 Å². The number of aliphatic carboxylic acids is 1. The minimum Gasteiger partial charge on any atom is -0.481 e. The van der Waals surface area contributed by atoms with E-state index >= 15 is 0 Å². The van der Waals surface area contributed by atoms with Gasteiger partial charge < -0.3 is 10.1 Å². The largest absolute Gasteiger partial charge is 0.481 e. The summed E-state index contributed by atoms with van der Waals surface area (Å²) in [4.78, 5) is 17.9. The maximum Gasteiger partial charge on any atom is 0.307 e. The number of H-pyrrole nitrogens is 1. The zero-order valence-electron chi connectivity index (χ0n) is 11.5. The van der Waals surface area contributed by atoms with Gasteiger partial charge in [-0.15, -0.1) is 0 Å². The van der Waals surface area contributed by atoms with Gasteiger partial charge in [0, 0.05) is 24.3 Å². The first-order chi connectivity index (χ1) is 9.95. The lowest BCUT2D eigenvalue weighted by Gasteiger charge is -2.12. The fraction of sp³-hybridized carbons (Fsp3) is 0.385. The summed E-state index contributed by atoms with van der Waals surface area (Å²) in [5.41, 5.74) is 0.473. The quantitative estimate of drug-likeness (QED) is 0.714. The zero-order valence-corrected chi connectivity index (χ0v) is 12.4. The van der Waals surface area contributed by atoms with Crippen molar-refractivity contribution in [1.29, 1.82) is 0 Å². The van der Waals surface area contributed by atoms with Crippen molar-refractivity contribution in [2.75, 3.05) is 6.54 Å². The van der Waals surface area contributed by atoms with Gasteiger partial charge in [-0.25, -0.2) is 18.1 Å². The highest BCUT2D eigenvalue weighted by Gasteiger charge is 2.23. The van der Waals surface area contributed by atoms with Crippen molar-refractivity contribution >= 4 is 27.0 Å². The van der Waals surface area contributed by atoms with Gasteiger partial charge in [0.05, 0.1) is 5.92 Å². The Morgan fingerprint density at radius 1 is 1.52 bits per heavy atom. The first-order valence-corrected chi connectivity index (χ1v) is 8.08. The molecule has 2 aromatic heterocycles. The summed E-state index contributed by atoms with van der Waals surface area (Å²) in [6, 6.07) is 3.29. The normalized spacial score (nSPS) is 13.4. The molecule has 0 radical (unpaired) electrons. The number of hydrogen-bond donors (Lipinski definition) is 3. The van der Waals surface area contributed by atoms with Gasteiger partial charge in [0.2, 0.25) is 10.0 Å². The topological polar surface area (TPSA) is 112 Å². The highest BCUT2D eigenvalue weighted by molar-refractivity contribution is 7.89. The monoisotopic (exact) mass is 311 g/mol. The third-order valence-electron chi connectivity index (χ3n) is 3.21. The number of nitrogens with one attached hydrogen (secondary N) is 2. The van der Waals surface area contributed by atoms with Gasteiger partial charge in [0.25, 0.3) is 0 Å². The number of aromatic nitrogens is 2. The fourth-order valence-electron chi connectivity index (χ4n) is 2.10. The molecule has 0 bridgehead atoms. The third kappa shape index (κ3) is 3.40. The SMILES string of the molecule is CCCC(CNS(=O)(=O)c1c[nH]c2ncccc12)C(=O)O. The van der Waals surface area contributed by atoms with Gasteiger partial charge in [-0.3, -0.25) is 4.79 Å². The first-order valence-electron chi connectivity index (χ1n) is 6.60. The average molecular weight is 311 g/mol. The molecule has 3 N–H and O–H groups in total. The summed E-state index contributed by atoms with van der Waals surface area (Å²) >= 11 is 0. The Labute approximate surface area is 122 Å². The molecule has 2 heterocycles. The third-order valence-corrected chi connectivity index (χ3v) is 4.67. The summed E-state index contributed by atoms with van der Waals surface area (Å²) in [5.74, 6) is -1.73. The van der Waals surface area contributed by atoms with Crippen molar-refractivity contribution in [1.82, 2.24) is 14.7 Å². The van der Waals surface area contributed by atoms with E-state index in [0.717, 1.165) is 0 Å². The van der Waals surface area contributed by atoms with E-state index in [1.54, 1.807) is 18.3 Å². The van der Waals surface area contributed by atoms with Gasteiger partial charge in [-0.1, -0.05) is 13.3 Å². The summed E-state index contributed by atoms with van der Waals surface area (Å²) in [6.45, 7) is 1.73. The highest BCUT2D eigenvalue weighted by atomic mass is 32.2. The van der Waals surface area contributed by atoms with Crippen LogP contribution in [-0.2, 0) is 14.8 Å². The van der Waals surface area contributed by atoms with E-state index < -0.39 is 21.9 Å². The fourth-order valence-corrected chi connectivity index (χ4v) is 3.35. The van der Waals surface area contributed by atoms with Crippen LogP contribution in [0.5, 0.6) is 0 Å². The molecule has 0 amide bonds. The van der Waals surface area contributed by atoms with Gasteiger partial charge >= 0.3 is 5.97 Å². The maximum absolute atomic E-state index is 12.3. The van der Waals surface area contributed by atoms with Gasteiger partial charge in [0.15, 0.2) is 0 Å². The number of carbonyl (C=O) groups is 1. The molecule has 0 saturated heterocycles. The van der Waals surface area contributed by atoms with Gasteiger partial charge in [-0.05, 0) is 18.6 Å². The smallest absolute Gasteiger partial charge is 0.307 e. The van der Waals surface area contributed by atoms with Gasteiger partial charge in [0.1, 0.15) is 10.5 Å². The maximum atomic E-state index is 12.3. The first kappa shape index (κ1) is 15.5. The lowest BCUT2D eigenvalue weighted by Crippen LogP contribution is -2.32. The Hall–Kier alpha value is -1.93. The Bertz CT molecular complexity index is 739. The second kappa shape index (κ2) is 6.23. The molecule has 21 heavy (non-hydrogen) atoms. The lowest BCUT2D eigenvalue weighted by atomic mass is 10.1. The van der Waals surface area contributed by atoms with E-state index in [4.69, 9.17) is 5.11 Å². The molecule has 0 saturated carbocycles. The van der Waals surface area contributed by atoms with Crippen molar-refractivity contribution in [3.05, 3.63) is 24.5 Å². The molecule has 0 aliphatic heterocycles. The summed E-state index contributed by atoms with van der Waals surface area (Å²) in [5, 5.41) is 9.53. The number of aromatic amines is 1. The van der Waals surface area contributed by atoms with Crippen LogP contribution >= 0.6 is 0 Å². The number of carboxylic acid groups (broad SMARTS) is 1. The molecule has 8 heteroatoms. The van der Waals surface area contributed by atoms with Crippen LogP contribution in [0.4, 0.5) is 0 Å². The van der Waals surface area contributed by atoms with Crippen LogP contribution in [0.15, 0.2) is 29.4 Å². The van der Waals surface area contributed by atoms with Crippen molar-refractivity contribution in [3.63, 3.8) is 0 Å². The number of hydrogen-bond acceptors (Lipinski definition) is 4. The molecular formula is C13H17N3O4S. The summed E-state index contributed by atoms with van der Waals surface area (Å²) in [6.07, 6.45) is 4.02. The molecule has 2 rings (SSSR count). The molecule has 0 aliphatic rings. The Kier molecular flexibility index (Phi) is 4.59. The van der Waals surface area contributed by atoms with Crippen molar-refractivity contribution in [2.45, 2.75) is 24.7 Å². The molecule has 114 valence electrons. The highest BCUT2D eigenvalue weighted by Crippen LogP contribution is 2.20. The minimum atomic E-state index is -3.78. The number of pyridine rings is 1. The Morgan fingerprint density at radius 2 is 2.29 bits per heavy atom. The van der Waals surface area contributed by atoms with E-state index in [1.807, 2.05) is 6.92 Å². The molecule has 1 atom stereocenters. The number of sulfonamides is 1. The number of fused-ring (bicyclic) bond motifs is 1. The molecule has 2 aromatic rings. The average Bonchev–Trinajstić information content (AvgIpc) is 2.87. The van der Waals surface area contributed by atoms with Crippen molar-refractivity contribution in [3.8, 4) is 0 Å². The van der Waals surface area contributed by atoms with Crippen LogP contribution in [0.3, 0.4) is 0 Å². The van der Waals surface area contributed by atoms with E-state index in [0.29, 0.717) is 23.9 Å². The Balaban J connectivity index is 2.20. The summed E-state index contributed by atoms with van der Waals surface area (Å²) < 4.78 is 26.9. The second-order valence-electron chi connectivity index (χ2n) is 4.73. The van der Waals surface area contributed by atoms with Crippen LogP contribution < -0.4 is 4.72 Å². The summed E-state index contributed by atoms with van der Waals surface area (Å²) in [7, 11) is -3.78. The predicted molar refractivity (Wildman–Crippen MR) is 77.3 cm³/mol. The predicted octanol–water partition coefficient (Wildman–Crippen LogP) is 1.34. The molecule has 0 spiro atoms. The van der Waals surface area contributed by atoms with Crippen LogP contribution in [0, 0.1) is 5.92 Å². The van der Waals surface area contributed by atoms with E-state index in [9.17, 15) is 13.2 Å². The Morgan fingerprint density at radius 3 is 2.95 bits per heavy atom. The van der Waals surface area contributed by atoms with Gasteiger partial charge in [-0.2, -0.15) is 0 Å². The number of carboxylic acids is 1. The number of nitrogens with zero attached hydrogens (tertiary/aromatic N) is 1. The lowest BCUT2D eigenvalue weighted by molar-refractivity contribution is -0.141. The van der Waals surface area contributed by atoms with Crippen LogP contribution in [0.1, 0.15) is 19.8 Å². The molecule has 7 nitrogen and oxygen atoms in total. The minimum absolute atomic E-state index is 0.0752.